The summed E-state index contributed by atoms with van der Waals surface area (Å²) in [6.07, 6.45) is 13.2. The summed E-state index contributed by atoms with van der Waals surface area (Å²) >= 11 is 0. The molecule has 7 rings (SSSR count). The second-order valence-corrected chi connectivity index (χ2v) is 16.2. The van der Waals surface area contributed by atoms with Gasteiger partial charge in [-0.25, -0.2) is 18.6 Å². The first-order chi connectivity index (χ1) is 26.9. The lowest BCUT2D eigenvalue weighted by Gasteiger charge is -2.32. The number of unbranched alkanes of at least 4 members (excludes halogenated alkanes) is 1. The number of hydrogen-bond donors (Lipinski definition) is 1. The maximum Gasteiger partial charge on any atom is 0.410 e. The van der Waals surface area contributed by atoms with Crippen LogP contribution in [0.3, 0.4) is 0 Å². The van der Waals surface area contributed by atoms with Crippen LogP contribution in [0.1, 0.15) is 90.3 Å². The van der Waals surface area contributed by atoms with Crippen molar-refractivity contribution >= 4 is 33.6 Å². The quantitative estimate of drug-likeness (QED) is 0.112. The lowest BCUT2D eigenvalue weighted by Crippen LogP contribution is -2.44. The molecule has 11 nitrogen and oxygen atoms in total. The fourth-order valence-corrected chi connectivity index (χ4v) is 8.48. The number of rotatable bonds is 12. The number of halogens is 2. The largest absolute Gasteiger partial charge is 0.468 e. The van der Waals surface area contributed by atoms with E-state index in [0.717, 1.165) is 51.6 Å². The van der Waals surface area contributed by atoms with Gasteiger partial charge in [-0.2, -0.15) is 9.97 Å². The molecule has 5 heterocycles. The van der Waals surface area contributed by atoms with Gasteiger partial charge in [0.05, 0.1) is 22.2 Å². The number of fused-ring (bicyclic) bond motifs is 2. The summed E-state index contributed by atoms with van der Waals surface area (Å²) in [4.78, 5) is 32.2. The zero-order valence-corrected chi connectivity index (χ0v) is 33.1. The molecule has 2 aromatic heterocycles. The molecule has 2 fully saturated rings. The number of pyridine rings is 1. The van der Waals surface area contributed by atoms with Crippen LogP contribution in [0.2, 0.25) is 0 Å². The fraction of sp³-hybridized carbons (Fsp3) is 0.535. The van der Waals surface area contributed by atoms with Gasteiger partial charge in [0.15, 0.2) is 12.6 Å². The van der Waals surface area contributed by atoms with E-state index in [-0.39, 0.29) is 52.8 Å². The summed E-state index contributed by atoms with van der Waals surface area (Å²) in [7, 11) is 1.50. The average Bonchev–Trinajstić information content (AvgIpc) is 3.74. The molecule has 4 aromatic rings. The first-order valence-electron chi connectivity index (χ1n) is 19.8. The van der Waals surface area contributed by atoms with E-state index >= 15 is 8.78 Å². The lowest BCUT2D eigenvalue weighted by atomic mass is 9.94. The first-order valence-corrected chi connectivity index (χ1v) is 19.8. The molecule has 298 valence electrons. The standard InChI is InChI=1S/C43H52F2N6O5/c1-7-9-19-50(41(52)56-42(3,4)5)24-28-13-10-14-33-35-38(48-40(49-39(35)46-28)54-25-43-17-11-20-51(43)21-12-18-43)36(45)37(47-33)31-23-29(55-26-53-6)22-27-15-16-32(44)30(8-2)34(27)31/h2,15-16,22-23,28H,7,9-14,17-21,24-26H2,1,3-6H3,(H,46,48,49)/t28-/m1/s1. The Morgan fingerprint density at radius 1 is 1.09 bits per heavy atom. The van der Waals surface area contributed by atoms with Gasteiger partial charge in [0.1, 0.15) is 40.8 Å². The van der Waals surface area contributed by atoms with Crippen LogP contribution in [0.15, 0.2) is 24.3 Å². The normalized spacial score (nSPS) is 17.9. The van der Waals surface area contributed by atoms with Gasteiger partial charge in [-0.05, 0) is 109 Å². The van der Waals surface area contributed by atoms with Crippen molar-refractivity contribution in [2.75, 3.05) is 52.0 Å². The monoisotopic (exact) mass is 770 g/mol. The Kier molecular flexibility index (Phi) is 11.5. The molecular formula is C43H52F2N6O5. The second kappa shape index (κ2) is 16.4. The zero-order valence-electron chi connectivity index (χ0n) is 33.1. The molecule has 0 radical (unpaired) electrons. The third-order valence-corrected chi connectivity index (χ3v) is 11.1. The van der Waals surface area contributed by atoms with Crippen LogP contribution in [0, 0.1) is 24.0 Å². The lowest BCUT2D eigenvalue weighted by molar-refractivity contribution is 0.0238. The number of carbonyl (C=O) groups is 1. The van der Waals surface area contributed by atoms with Crippen molar-refractivity contribution in [1.29, 1.82) is 0 Å². The Morgan fingerprint density at radius 3 is 2.59 bits per heavy atom. The molecule has 1 N–H and O–H groups in total. The highest BCUT2D eigenvalue weighted by molar-refractivity contribution is 6.03. The van der Waals surface area contributed by atoms with Crippen LogP contribution in [-0.2, 0) is 15.9 Å². The van der Waals surface area contributed by atoms with Gasteiger partial charge in [0.2, 0.25) is 0 Å². The highest BCUT2D eigenvalue weighted by atomic mass is 19.1. The summed E-state index contributed by atoms with van der Waals surface area (Å²) in [5.74, 6) is 1.89. The number of methoxy groups -OCH3 is 1. The average molecular weight is 771 g/mol. The molecule has 2 saturated heterocycles. The molecule has 3 aliphatic rings. The van der Waals surface area contributed by atoms with Gasteiger partial charge in [0.25, 0.3) is 0 Å². The van der Waals surface area contributed by atoms with Crippen molar-refractivity contribution in [2.24, 2.45) is 0 Å². The van der Waals surface area contributed by atoms with Crippen LogP contribution >= 0.6 is 0 Å². The van der Waals surface area contributed by atoms with E-state index in [0.29, 0.717) is 72.4 Å². The summed E-state index contributed by atoms with van der Waals surface area (Å²) < 4.78 is 55.9. The van der Waals surface area contributed by atoms with Gasteiger partial charge < -0.3 is 29.2 Å². The summed E-state index contributed by atoms with van der Waals surface area (Å²) in [6.45, 7) is 10.9. The summed E-state index contributed by atoms with van der Waals surface area (Å²) in [6, 6.07) is 6.00. The van der Waals surface area contributed by atoms with E-state index in [1.54, 1.807) is 23.1 Å². The topological polar surface area (TPSA) is 111 Å². The van der Waals surface area contributed by atoms with Crippen molar-refractivity contribution in [1.82, 2.24) is 24.8 Å². The van der Waals surface area contributed by atoms with Gasteiger partial charge in [-0.3, -0.25) is 4.90 Å². The fourth-order valence-electron chi connectivity index (χ4n) is 8.48. The molecule has 2 aromatic carbocycles. The minimum absolute atomic E-state index is 0.00813. The molecule has 1 atom stereocenters. The Labute approximate surface area is 327 Å². The van der Waals surface area contributed by atoms with E-state index < -0.39 is 17.2 Å². The number of terminal acetylenes is 1. The molecule has 56 heavy (non-hydrogen) atoms. The van der Waals surface area contributed by atoms with E-state index in [4.69, 9.17) is 40.3 Å². The molecule has 0 spiro atoms. The highest BCUT2D eigenvalue weighted by Crippen LogP contribution is 2.42. The van der Waals surface area contributed by atoms with Crippen molar-refractivity contribution in [3.8, 4) is 35.4 Å². The summed E-state index contributed by atoms with van der Waals surface area (Å²) in [5, 5.41) is 4.89. The Morgan fingerprint density at radius 2 is 1.88 bits per heavy atom. The van der Waals surface area contributed by atoms with Gasteiger partial charge in [-0.15, -0.1) is 6.42 Å². The number of nitrogens with zero attached hydrogens (tertiary/aromatic N) is 5. The van der Waals surface area contributed by atoms with Gasteiger partial charge in [-0.1, -0.05) is 25.3 Å². The minimum atomic E-state index is -0.728. The van der Waals surface area contributed by atoms with Crippen LogP contribution in [0.5, 0.6) is 11.8 Å². The van der Waals surface area contributed by atoms with Crippen molar-refractivity contribution in [3.05, 3.63) is 47.2 Å². The number of aryl methyl sites for hydroxylation is 1. The van der Waals surface area contributed by atoms with Crippen molar-refractivity contribution in [3.63, 3.8) is 0 Å². The molecule has 0 bridgehead atoms. The molecular weight excluding hydrogens is 719 g/mol. The van der Waals surface area contributed by atoms with Gasteiger partial charge in [0, 0.05) is 37.2 Å². The molecule has 0 aliphatic carbocycles. The number of anilines is 1. The molecule has 0 unspecified atom stereocenters. The minimum Gasteiger partial charge on any atom is -0.468 e. The number of aromatic nitrogens is 3. The van der Waals surface area contributed by atoms with Gasteiger partial charge >= 0.3 is 12.1 Å². The maximum atomic E-state index is 17.5. The number of carbonyl (C=O) groups excluding carboxylic acids is 1. The van der Waals surface area contributed by atoms with E-state index in [2.05, 4.69) is 23.1 Å². The first kappa shape index (κ1) is 39.4. The smallest absolute Gasteiger partial charge is 0.410 e. The Bertz CT molecular complexity index is 2140. The van der Waals surface area contributed by atoms with E-state index in [9.17, 15) is 4.79 Å². The number of hydrogen-bond acceptors (Lipinski definition) is 10. The highest BCUT2D eigenvalue weighted by Gasteiger charge is 2.45. The number of amides is 1. The van der Waals surface area contributed by atoms with Crippen molar-refractivity contribution < 1.29 is 32.5 Å². The zero-order chi connectivity index (χ0) is 39.6. The van der Waals surface area contributed by atoms with Crippen LogP contribution < -0.4 is 14.8 Å². The predicted octanol–water partition coefficient (Wildman–Crippen LogP) is 8.25. The number of benzene rings is 2. The SMILES string of the molecule is C#Cc1c(F)ccc2cc(OCOC)cc(-c3nc4c5c(nc(OCC67CCCN6CCC7)nc5c3F)N[C@@H](CN(CCCC)C(=O)OC(C)(C)C)CCC4)c12. The third kappa shape index (κ3) is 8.04. The molecule has 13 heteroatoms. The van der Waals surface area contributed by atoms with E-state index in [1.165, 1.54) is 13.2 Å². The summed E-state index contributed by atoms with van der Waals surface area (Å²) in [5.41, 5.74) is 0.0658. The second-order valence-electron chi connectivity index (χ2n) is 16.2. The third-order valence-electron chi connectivity index (χ3n) is 11.1. The van der Waals surface area contributed by atoms with Crippen molar-refractivity contribution in [2.45, 2.75) is 103 Å². The van der Waals surface area contributed by atoms with Crippen LogP contribution in [0.25, 0.3) is 32.9 Å². The Hall–Kier alpha value is -4.80. The molecule has 1 amide bonds. The molecule has 3 aliphatic heterocycles. The number of ether oxygens (including phenoxy) is 4. The maximum absolute atomic E-state index is 17.5. The van der Waals surface area contributed by atoms with E-state index in [1.807, 2.05) is 20.8 Å². The van der Waals surface area contributed by atoms with Crippen LogP contribution in [0.4, 0.5) is 19.4 Å². The molecule has 0 saturated carbocycles. The predicted molar refractivity (Wildman–Crippen MR) is 212 cm³/mol. The Balaban J connectivity index is 1.36. The van der Waals surface area contributed by atoms with Crippen LogP contribution in [-0.4, -0.2) is 94.7 Å². The number of nitrogens with one attached hydrogen (secondary N) is 1.